The molecule has 1 rings (SSSR count). The summed E-state index contributed by atoms with van der Waals surface area (Å²) in [7, 11) is 0. The third-order valence-corrected chi connectivity index (χ3v) is 3.76. The van der Waals surface area contributed by atoms with Crippen molar-refractivity contribution in [3.8, 4) is 0 Å². The number of carbonyl (C=O) groups excluding carboxylic acids is 1. The summed E-state index contributed by atoms with van der Waals surface area (Å²) < 4.78 is 0. The molecule has 1 saturated heterocycles. The van der Waals surface area contributed by atoms with Crippen LogP contribution in [0.5, 0.6) is 0 Å². The highest BCUT2D eigenvalue weighted by molar-refractivity contribution is 5.74. The number of hydrogen-bond donors (Lipinski definition) is 1. The van der Waals surface area contributed by atoms with Gasteiger partial charge in [0.25, 0.3) is 0 Å². The Labute approximate surface area is 128 Å². The molecule has 122 valence electrons. The molecule has 5 nitrogen and oxygen atoms in total. The quantitative estimate of drug-likeness (QED) is 0.786. The Kier molecular flexibility index (Phi) is 6.99. The third kappa shape index (κ3) is 6.36. The molecule has 1 atom stereocenters. The van der Waals surface area contributed by atoms with Gasteiger partial charge in [-0.1, -0.05) is 27.7 Å². The third-order valence-electron chi connectivity index (χ3n) is 3.76. The molecule has 1 aliphatic rings. The highest BCUT2D eigenvalue weighted by atomic mass is 16.4. The molecule has 0 spiro atoms. The number of hydrogen-bond acceptors (Lipinski definition) is 2. The SMILES string of the molecule is CC(C)CN(CC(C)C)C(=O)N1CCC(CCC(=O)O)C1. The molecule has 0 aromatic carbocycles. The fourth-order valence-electron chi connectivity index (χ4n) is 2.88. The van der Waals surface area contributed by atoms with Gasteiger partial charge in [0.15, 0.2) is 0 Å². The second-order valence-corrected chi connectivity index (χ2v) is 7.01. The van der Waals surface area contributed by atoms with Gasteiger partial charge in [0, 0.05) is 32.6 Å². The van der Waals surface area contributed by atoms with E-state index in [0.717, 1.165) is 26.1 Å². The predicted molar refractivity (Wildman–Crippen MR) is 83.2 cm³/mol. The highest BCUT2D eigenvalue weighted by Crippen LogP contribution is 2.22. The lowest BCUT2D eigenvalue weighted by Gasteiger charge is -2.30. The van der Waals surface area contributed by atoms with Gasteiger partial charge >= 0.3 is 12.0 Å². The van der Waals surface area contributed by atoms with E-state index >= 15 is 0 Å². The number of carboxylic acids is 1. The van der Waals surface area contributed by atoms with Crippen LogP contribution in [0.15, 0.2) is 0 Å². The Morgan fingerprint density at radius 3 is 2.24 bits per heavy atom. The largest absolute Gasteiger partial charge is 0.481 e. The second-order valence-electron chi connectivity index (χ2n) is 7.01. The molecule has 0 aliphatic carbocycles. The van der Waals surface area contributed by atoms with Gasteiger partial charge in [-0.3, -0.25) is 4.79 Å². The van der Waals surface area contributed by atoms with E-state index in [9.17, 15) is 9.59 Å². The number of nitrogens with zero attached hydrogens (tertiary/aromatic N) is 2. The maximum absolute atomic E-state index is 12.6. The van der Waals surface area contributed by atoms with Crippen molar-refractivity contribution >= 4 is 12.0 Å². The first-order valence-corrected chi connectivity index (χ1v) is 8.05. The van der Waals surface area contributed by atoms with Gasteiger partial charge in [-0.25, -0.2) is 4.79 Å². The number of carboxylic acid groups (broad SMARTS) is 1. The Morgan fingerprint density at radius 2 is 1.76 bits per heavy atom. The Morgan fingerprint density at radius 1 is 1.19 bits per heavy atom. The highest BCUT2D eigenvalue weighted by Gasteiger charge is 2.29. The van der Waals surface area contributed by atoms with Crippen molar-refractivity contribution in [2.24, 2.45) is 17.8 Å². The first kappa shape index (κ1) is 17.8. The molecule has 5 heteroatoms. The van der Waals surface area contributed by atoms with E-state index in [-0.39, 0.29) is 12.5 Å². The minimum absolute atomic E-state index is 0.121. The average Bonchev–Trinajstić information content (AvgIpc) is 2.82. The van der Waals surface area contributed by atoms with Crippen molar-refractivity contribution in [3.63, 3.8) is 0 Å². The summed E-state index contributed by atoms with van der Waals surface area (Å²) in [5.41, 5.74) is 0. The Bertz CT molecular complexity index is 345. The zero-order valence-electron chi connectivity index (χ0n) is 13.8. The molecule has 0 aromatic rings. The van der Waals surface area contributed by atoms with Gasteiger partial charge in [0.1, 0.15) is 0 Å². The van der Waals surface area contributed by atoms with E-state index < -0.39 is 5.97 Å². The van der Waals surface area contributed by atoms with E-state index in [1.807, 2.05) is 9.80 Å². The van der Waals surface area contributed by atoms with Gasteiger partial charge in [-0.05, 0) is 30.6 Å². The van der Waals surface area contributed by atoms with Crippen LogP contribution in [-0.4, -0.2) is 53.1 Å². The predicted octanol–water partition coefficient (Wildman–Crippen LogP) is 2.91. The molecule has 1 aliphatic heterocycles. The van der Waals surface area contributed by atoms with Crippen LogP contribution in [0.2, 0.25) is 0 Å². The van der Waals surface area contributed by atoms with Crippen LogP contribution in [0.25, 0.3) is 0 Å². The lowest BCUT2D eigenvalue weighted by Crippen LogP contribution is -2.45. The van der Waals surface area contributed by atoms with Crippen LogP contribution in [-0.2, 0) is 4.79 Å². The smallest absolute Gasteiger partial charge is 0.320 e. The van der Waals surface area contributed by atoms with Gasteiger partial charge < -0.3 is 14.9 Å². The fraction of sp³-hybridized carbons (Fsp3) is 0.875. The van der Waals surface area contributed by atoms with Gasteiger partial charge in [0.05, 0.1) is 0 Å². The molecule has 1 unspecified atom stereocenters. The Balaban J connectivity index is 2.53. The summed E-state index contributed by atoms with van der Waals surface area (Å²) in [4.78, 5) is 27.1. The van der Waals surface area contributed by atoms with E-state index in [1.165, 1.54) is 0 Å². The molecule has 1 N–H and O–H groups in total. The number of likely N-dealkylation sites (tertiary alicyclic amines) is 1. The molecular weight excluding hydrogens is 268 g/mol. The van der Waals surface area contributed by atoms with Crippen LogP contribution in [0.3, 0.4) is 0 Å². The number of amides is 2. The van der Waals surface area contributed by atoms with Crippen molar-refractivity contribution in [3.05, 3.63) is 0 Å². The van der Waals surface area contributed by atoms with Crippen LogP contribution >= 0.6 is 0 Å². The minimum atomic E-state index is -0.749. The Hall–Kier alpha value is -1.26. The normalized spacial score (nSPS) is 18.6. The van der Waals surface area contributed by atoms with E-state index in [2.05, 4.69) is 27.7 Å². The molecular formula is C16H30N2O3. The molecule has 1 fully saturated rings. The lowest BCUT2D eigenvalue weighted by atomic mass is 10.0. The van der Waals surface area contributed by atoms with Crippen molar-refractivity contribution in [2.75, 3.05) is 26.2 Å². The van der Waals surface area contributed by atoms with E-state index in [0.29, 0.717) is 30.7 Å². The van der Waals surface area contributed by atoms with Crippen LogP contribution in [0.4, 0.5) is 4.79 Å². The summed E-state index contributed by atoms with van der Waals surface area (Å²) in [5.74, 6) is 0.502. The minimum Gasteiger partial charge on any atom is -0.481 e. The van der Waals surface area contributed by atoms with Crippen LogP contribution in [0, 0.1) is 17.8 Å². The van der Waals surface area contributed by atoms with Crippen molar-refractivity contribution in [1.29, 1.82) is 0 Å². The molecule has 0 aromatic heterocycles. The van der Waals surface area contributed by atoms with Crippen LogP contribution < -0.4 is 0 Å². The van der Waals surface area contributed by atoms with Gasteiger partial charge in [0.2, 0.25) is 0 Å². The first-order valence-electron chi connectivity index (χ1n) is 8.05. The summed E-state index contributed by atoms with van der Waals surface area (Å²) in [6.07, 6.45) is 1.80. The average molecular weight is 298 g/mol. The topological polar surface area (TPSA) is 60.9 Å². The summed E-state index contributed by atoms with van der Waals surface area (Å²) in [6, 6.07) is 0.121. The van der Waals surface area contributed by atoms with Crippen LogP contribution in [0.1, 0.15) is 47.0 Å². The maximum atomic E-state index is 12.6. The summed E-state index contributed by atoms with van der Waals surface area (Å²) in [5, 5.41) is 8.75. The molecule has 0 saturated carbocycles. The molecule has 0 radical (unpaired) electrons. The number of aliphatic carboxylic acids is 1. The molecule has 0 bridgehead atoms. The second kappa shape index (κ2) is 8.25. The number of rotatable bonds is 7. The zero-order valence-corrected chi connectivity index (χ0v) is 13.8. The van der Waals surface area contributed by atoms with Crippen molar-refractivity contribution in [2.45, 2.75) is 47.0 Å². The standard InChI is InChI=1S/C16H30N2O3/c1-12(2)9-18(10-13(3)4)16(21)17-8-7-14(11-17)5-6-15(19)20/h12-14H,5-11H2,1-4H3,(H,19,20). The van der Waals surface area contributed by atoms with Crippen molar-refractivity contribution in [1.82, 2.24) is 9.80 Å². The summed E-state index contributed by atoms with van der Waals surface area (Å²) >= 11 is 0. The van der Waals surface area contributed by atoms with Gasteiger partial charge in [-0.15, -0.1) is 0 Å². The lowest BCUT2D eigenvalue weighted by molar-refractivity contribution is -0.137. The first-order chi connectivity index (χ1) is 9.79. The molecule has 21 heavy (non-hydrogen) atoms. The number of carbonyl (C=O) groups is 2. The maximum Gasteiger partial charge on any atom is 0.320 e. The zero-order chi connectivity index (χ0) is 16.0. The fourth-order valence-corrected chi connectivity index (χ4v) is 2.88. The van der Waals surface area contributed by atoms with E-state index in [1.54, 1.807) is 0 Å². The van der Waals surface area contributed by atoms with Gasteiger partial charge in [-0.2, -0.15) is 0 Å². The van der Waals surface area contributed by atoms with E-state index in [4.69, 9.17) is 5.11 Å². The number of urea groups is 1. The summed E-state index contributed by atoms with van der Waals surface area (Å²) in [6.45, 7) is 11.5. The van der Waals surface area contributed by atoms with Crippen molar-refractivity contribution < 1.29 is 14.7 Å². The monoisotopic (exact) mass is 298 g/mol. The molecule has 2 amide bonds. The molecule has 1 heterocycles.